The largest absolute Gasteiger partial charge is 0.419 e. The van der Waals surface area contributed by atoms with Crippen LogP contribution in [0.15, 0.2) is 0 Å². The number of carbonyl (C=O) groups excluding carboxylic acids is 1. The predicted octanol–water partition coefficient (Wildman–Crippen LogP) is 1.47. The molecule has 0 aromatic rings. The van der Waals surface area contributed by atoms with Crippen molar-refractivity contribution in [2.45, 2.75) is 31.5 Å². The van der Waals surface area contributed by atoms with E-state index in [1.54, 1.807) is 6.07 Å². The summed E-state index contributed by atoms with van der Waals surface area (Å²) >= 11 is 0. The Labute approximate surface area is 96.9 Å². The van der Waals surface area contributed by atoms with E-state index in [1.807, 2.05) is 0 Å². The number of nitrogens with zero attached hydrogens (tertiary/aromatic N) is 2. The van der Waals surface area contributed by atoms with Crippen LogP contribution in [0.4, 0.5) is 13.2 Å². The van der Waals surface area contributed by atoms with Crippen LogP contribution in [0.2, 0.25) is 0 Å². The van der Waals surface area contributed by atoms with E-state index < -0.39 is 30.7 Å². The third kappa shape index (κ3) is 2.69. The van der Waals surface area contributed by atoms with Crippen molar-refractivity contribution in [1.82, 2.24) is 4.90 Å². The second-order valence-corrected chi connectivity index (χ2v) is 3.83. The highest BCUT2D eigenvalue weighted by Crippen LogP contribution is 2.40. The van der Waals surface area contributed by atoms with Gasteiger partial charge in [0.1, 0.15) is 6.42 Å². The lowest BCUT2D eigenvalue weighted by atomic mass is 10.0. The third-order valence-corrected chi connectivity index (χ3v) is 2.75. The topological polar surface area (TPSA) is 53.3 Å². The van der Waals surface area contributed by atoms with Gasteiger partial charge in [0.05, 0.1) is 12.6 Å². The van der Waals surface area contributed by atoms with Crippen molar-refractivity contribution in [3.05, 3.63) is 0 Å². The summed E-state index contributed by atoms with van der Waals surface area (Å²) in [7, 11) is 0. The van der Waals surface area contributed by atoms with Crippen LogP contribution < -0.4 is 0 Å². The van der Waals surface area contributed by atoms with Gasteiger partial charge in [-0.25, -0.2) is 0 Å². The highest BCUT2D eigenvalue weighted by molar-refractivity contribution is 5.78. The van der Waals surface area contributed by atoms with Crippen molar-refractivity contribution >= 4 is 5.91 Å². The van der Waals surface area contributed by atoms with Crippen LogP contribution in [0.1, 0.15) is 19.8 Å². The van der Waals surface area contributed by atoms with Gasteiger partial charge in [0.15, 0.2) is 5.60 Å². The summed E-state index contributed by atoms with van der Waals surface area (Å²) in [6, 6.07) is 1.63. The van der Waals surface area contributed by atoms with Crippen LogP contribution in [0.25, 0.3) is 0 Å². The smallest absolute Gasteiger partial charge is 0.364 e. The Morgan fingerprint density at radius 1 is 1.59 bits per heavy atom. The van der Waals surface area contributed by atoms with Crippen molar-refractivity contribution in [1.29, 1.82) is 5.26 Å². The number of nitriles is 1. The number of rotatable bonds is 3. The van der Waals surface area contributed by atoms with Crippen LogP contribution in [0, 0.1) is 11.3 Å². The average Bonchev–Trinajstić information content (AvgIpc) is 2.63. The first-order valence-electron chi connectivity index (χ1n) is 5.21. The van der Waals surface area contributed by atoms with E-state index in [0.29, 0.717) is 0 Å². The first kappa shape index (κ1) is 13.8. The summed E-state index contributed by atoms with van der Waals surface area (Å²) in [5.74, 6) is -0.585. The minimum absolute atomic E-state index is 0.0278. The molecule has 1 heterocycles. The summed E-state index contributed by atoms with van der Waals surface area (Å²) in [5.41, 5.74) is -2.27. The number of carbonyl (C=O) groups is 1. The summed E-state index contributed by atoms with van der Waals surface area (Å²) in [5, 5.41) is 8.34. The maximum absolute atomic E-state index is 12.9. The summed E-state index contributed by atoms with van der Waals surface area (Å²) < 4.78 is 43.5. The fourth-order valence-electron chi connectivity index (χ4n) is 1.88. The molecule has 0 radical (unpaired) electrons. The molecule has 0 aliphatic carbocycles. The fraction of sp³-hybridized carbons (Fsp3) is 0.800. The number of hydrogen-bond donors (Lipinski definition) is 0. The monoisotopic (exact) mass is 250 g/mol. The summed E-state index contributed by atoms with van der Waals surface area (Å²) in [4.78, 5) is 12.4. The molecule has 0 saturated carbocycles. The molecule has 0 aromatic carbocycles. The standard InChI is InChI=1S/C10H13F3N2O2/c1-2-17-9(10(11,12)13)4-6-15(7-9)8(16)3-5-14/h2-4,6-7H2,1H3/t9-/m1/s1. The Morgan fingerprint density at radius 3 is 2.71 bits per heavy atom. The fourth-order valence-corrected chi connectivity index (χ4v) is 1.88. The molecule has 1 saturated heterocycles. The normalized spacial score (nSPS) is 24.8. The Bertz CT molecular complexity index is 337. The SMILES string of the molecule is CCO[C@]1(C(F)(F)F)CCN(C(=O)CC#N)C1. The highest BCUT2D eigenvalue weighted by atomic mass is 19.4. The second kappa shape index (κ2) is 4.92. The zero-order valence-corrected chi connectivity index (χ0v) is 9.38. The minimum Gasteiger partial charge on any atom is -0.364 e. The van der Waals surface area contributed by atoms with Gasteiger partial charge in [0, 0.05) is 19.6 Å². The maximum atomic E-state index is 12.9. The lowest BCUT2D eigenvalue weighted by Crippen LogP contribution is -2.50. The molecule has 96 valence electrons. The van der Waals surface area contributed by atoms with Crippen LogP contribution >= 0.6 is 0 Å². The zero-order valence-electron chi connectivity index (χ0n) is 9.38. The molecule has 0 spiro atoms. The van der Waals surface area contributed by atoms with Crippen molar-refractivity contribution in [3.63, 3.8) is 0 Å². The predicted molar refractivity (Wildman–Crippen MR) is 51.8 cm³/mol. The van der Waals surface area contributed by atoms with Crippen molar-refractivity contribution in [2.75, 3.05) is 19.7 Å². The molecule has 0 N–H and O–H groups in total. The average molecular weight is 250 g/mol. The number of alkyl halides is 3. The molecular formula is C10H13F3N2O2. The van der Waals surface area contributed by atoms with Gasteiger partial charge in [-0.05, 0) is 6.92 Å². The first-order chi connectivity index (χ1) is 7.86. The van der Waals surface area contributed by atoms with E-state index >= 15 is 0 Å². The molecule has 1 aliphatic rings. The quantitative estimate of drug-likeness (QED) is 0.762. The molecule has 1 rings (SSSR count). The molecule has 0 aromatic heterocycles. The number of amides is 1. The lowest BCUT2D eigenvalue weighted by molar-refractivity contribution is -0.270. The van der Waals surface area contributed by atoms with Crippen LogP contribution in [0.5, 0.6) is 0 Å². The van der Waals surface area contributed by atoms with Crippen molar-refractivity contribution in [3.8, 4) is 6.07 Å². The molecule has 1 aliphatic heterocycles. The van der Waals surface area contributed by atoms with Gasteiger partial charge >= 0.3 is 6.18 Å². The zero-order chi connectivity index (χ0) is 13.1. The molecule has 4 nitrogen and oxygen atoms in total. The Kier molecular flexibility index (Phi) is 3.98. The molecule has 1 fully saturated rings. The Morgan fingerprint density at radius 2 is 2.24 bits per heavy atom. The molecule has 1 amide bonds. The van der Waals surface area contributed by atoms with Gasteiger partial charge in [-0.2, -0.15) is 18.4 Å². The van der Waals surface area contributed by atoms with Gasteiger partial charge in [0.25, 0.3) is 0 Å². The number of halogens is 3. The summed E-state index contributed by atoms with van der Waals surface area (Å²) in [6.07, 6.45) is -5.19. The Hall–Kier alpha value is -1.29. The molecule has 1 atom stereocenters. The van der Waals surface area contributed by atoms with Crippen LogP contribution in [-0.4, -0.2) is 42.3 Å². The minimum atomic E-state index is -4.51. The third-order valence-electron chi connectivity index (χ3n) is 2.75. The van der Waals surface area contributed by atoms with E-state index in [2.05, 4.69) is 0 Å². The molecular weight excluding hydrogens is 237 g/mol. The van der Waals surface area contributed by atoms with E-state index in [-0.39, 0.29) is 19.6 Å². The van der Waals surface area contributed by atoms with Crippen LogP contribution in [-0.2, 0) is 9.53 Å². The molecule has 17 heavy (non-hydrogen) atoms. The van der Waals surface area contributed by atoms with Gasteiger partial charge in [-0.15, -0.1) is 0 Å². The molecule has 0 bridgehead atoms. The van der Waals surface area contributed by atoms with Gasteiger partial charge in [-0.3, -0.25) is 4.79 Å². The lowest BCUT2D eigenvalue weighted by Gasteiger charge is -2.31. The Balaban J connectivity index is 2.80. The van der Waals surface area contributed by atoms with E-state index in [0.717, 1.165) is 4.90 Å². The number of ether oxygens (including phenoxy) is 1. The first-order valence-corrected chi connectivity index (χ1v) is 5.21. The molecule has 0 unspecified atom stereocenters. The van der Waals surface area contributed by atoms with E-state index in [9.17, 15) is 18.0 Å². The highest BCUT2D eigenvalue weighted by Gasteiger charge is 2.59. The van der Waals surface area contributed by atoms with Crippen molar-refractivity contribution < 1.29 is 22.7 Å². The second-order valence-electron chi connectivity index (χ2n) is 3.83. The van der Waals surface area contributed by atoms with Crippen molar-refractivity contribution in [2.24, 2.45) is 0 Å². The molecule has 7 heteroatoms. The number of likely N-dealkylation sites (tertiary alicyclic amines) is 1. The maximum Gasteiger partial charge on any atom is 0.419 e. The van der Waals surface area contributed by atoms with E-state index in [4.69, 9.17) is 10.00 Å². The van der Waals surface area contributed by atoms with Gasteiger partial charge < -0.3 is 9.64 Å². The number of hydrogen-bond acceptors (Lipinski definition) is 3. The van der Waals surface area contributed by atoms with E-state index in [1.165, 1.54) is 6.92 Å². The summed E-state index contributed by atoms with van der Waals surface area (Å²) in [6.45, 7) is 0.859. The van der Waals surface area contributed by atoms with Crippen LogP contribution in [0.3, 0.4) is 0 Å². The van der Waals surface area contributed by atoms with Gasteiger partial charge in [0.2, 0.25) is 5.91 Å². The van der Waals surface area contributed by atoms with Gasteiger partial charge in [-0.1, -0.05) is 0 Å².